The van der Waals surface area contributed by atoms with Crippen molar-refractivity contribution in [1.82, 2.24) is 4.90 Å². The standard InChI is InChI=1S/C21H22N2O4/c1-3-27-21(26)15-9-11-16(12-10-15)22-20(25)17-13-18(24)23(2)19(17)14-7-5-4-6-8-14/h4-12,17,19H,3,13H2,1-2H3,(H,22,25). The Morgan fingerprint density at radius 3 is 2.41 bits per heavy atom. The summed E-state index contributed by atoms with van der Waals surface area (Å²) in [7, 11) is 1.72. The van der Waals surface area contributed by atoms with Crippen LogP contribution in [0.4, 0.5) is 5.69 Å². The van der Waals surface area contributed by atoms with E-state index in [9.17, 15) is 14.4 Å². The first-order chi connectivity index (χ1) is 13.0. The highest BCUT2D eigenvalue weighted by Gasteiger charge is 2.42. The molecule has 6 heteroatoms. The third kappa shape index (κ3) is 4.00. The Labute approximate surface area is 158 Å². The molecule has 1 aliphatic rings. The number of rotatable bonds is 5. The molecule has 2 amide bonds. The number of carbonyl (C=O) groups is 3. The fourth-order valence-corrected chi connectivity index (χ4v) is 3.35. The van der Waals surface area contributed by atoms with Gasteiger partial charge in [-0.25, -0.2) is 4.79 Å². The van der Waals surface area contributed by atoms with Crippen LogP contribution in [0.2, 0.25) is 0 Å². The van der Waals surface area contributed by atoms with E-state index < -0.39 is 11.9 Å². The van der Waals surface area contributed by atoms with Crippen LogP contribution >= 0.6 is 0 Å². The second kappa shape index (κ2) is 8.03. The Kier molecular flexibility index (Phi) is 5.54. The van der Waals surface area contributed by atoms with Crippen LogP contribution in [0.25, 0.3) is 0 Å². The second-order valence-corrected chi connectivity index (χ2v) is 6.46. The maximum atomic E-state index is 12.8. The zero-order valence-corrected chi connectivity index (χ0v) is 15.3. The second-order valence-electron chi connectivity index (χ2n) is 6.46. The fraction of sp³-hybridized carbons (Fsp3) is 0.286. The van der Waals surface area contributed by atoms with E-state index in [1.165, 1.54) is 0 Å². The number of nitrogens with zero attached hydrogens (tertiary/aromatic N) is 1. The average molecular weight is 366 g/mol. The molecular formula is C21H22N2O4. The van der Waals surface area contributed by atoms with E-state index in [1.54, 1.807) is 43.1 Å². The molecule has 0 bridgehead atoms. The minimum absolute atomic E-state index is 0.0540. The number of anilines is 1. The van der Waals surface area contributed by atoms with Crippen molar-refractivity contribution in [2.45, 2.75) is 19.4 Å². The van der Waals surface area contributed by atoms with Gasteiger partial charge in [-0.15, -0.1) is 0 Å². The third-order valence-corrected chi connectivity index (χ3v) is 4.73. The quantitative estimate of drug-likeness (QED) is 0.826. The van der Waals surface area contributed by atoms with Crippen LogP contribution in [-0.2, 0) is 14.3 Å². The minimum Gasteiger partial charge on any atom is -0.462 e. The van der Waals surface area contributed by atoms with Gasteiger partial charge < -0.3 is 15.0 Å². The molecule has 1 aliphatic heterocycles. The first-order valence-electron chi connectivity index (χ1n) is 8.90. The highest BCUT2D eigenvalue weighted by molar-refractivity contribution is 5.98. The summed E-state index contributed by atoms with van der Waals surface area (Å²) in [4.78, 5) is 38.4. The Morgan fingerprint density at radius 1 is 1.11 bits per heavy atom. The van der Waals surface area contributed by atoms with E-state index in [2.05, 4.69) is 5.32 Å². The van der Waals surface area contributed by atoms with E-state index in [0.29, 0.717) is 17.9 Å². The van der Waals surface area contributed by atoms with Gasteiger partial charge in [-0.1, -0.05) is 30.3 Å². The number of carbonyl (C=O) groups excluding carboxylic acids is 3. The monoisotopic (exact) mass is 366 g/mol. The lowest BCUT2D eigenvalue weighted by atomic mass is 9.93. The third-order valence-electron chi connectivity index (χ3n) is 4.73. The molecule has 2 atom stereocenters. The maximum absolute atomic E-state index is 12.8. The van der Waals surface area contributed by atoms with Gasteiger partial charge in [0, 0.05) is 19.2 Å². The Hall–Kier alpha value is -3.15. The van der Waals surface area contributed by atoms with Gasteiger partial charge in [0.2, 0.25) is 11.8 Å². The molecule has 0 aromatic heterocycles. The Morgan fingerprint density at radius 2 is 1.78 bits per heavy atom. The molecule has 2 unspecified atom stereocenters. The van der Waals surface area contributed by atoms with Crippen LogP contribution in [0.15, 0.2) is 54.6 Å². The molecular weight excluding hydrogens is 344 g/mol. The van der Waals surface area contributed by atoms with Crippen molar-refractivity contribution >= 4 is 23.5 Å². The molecule has 0 saturated carbocycles. The van der Waals surface area contributed by atoms with Crippen LogP contribution in [0.3, 0.4) is 0 Å². The number of nitrogens with one attached hydrogen (secondary N) is 1. The lowest BCUT2D eigenvalue weighted by molar-refractivity contribution is -0.128. The number of likely N-dealkylation sites (tertiary alicyclic amines) is 1. The van der Waals surface area contributed by atoms with Crippen molar-refractivity contribution in [2.75, 3.05) is 19.0 Å². The number of amides is 2. The van der Waals surface area contributed by atoms with Crippen LogP contribution < -0.4 is 5.32 Å². The average Bonchev–Trinajstić information content (AvgIpc) is 2.98. The smallest absolute Gasteiger partial charge is 0.338 e. The molecule has 1 saturated heterocycles. The number of esters is 1. The Bertz CT molecular complexity index is 833. The number of benzene rings is 2. The van der Waals surface area contributed by atoms with E-state index >= 15 is 0 Å². The van der Waals surface area contributed by atoms with Crippen molar-refractivity contribution < 1.29 is 19.1 Å². The van der Waals surface area contributed by atoms with E-state index in [4.69, 9.17) is 4.74 Å². The molecule has 0 aliphatic carbocycles. The summed E-state index contributed by atoms with van der Waals surface area (Å²) in [6.45, 7) is 2.05. The van der Waals surface area contributed by atoms with Crippen LogP contribution in [0.5, 0.6) is 0 Å². The van der Waals surface area contributed by atoms with Gasteiger partial charge in [-0.05, 0) is 36.8 Å². The van der Waals surface area contributed by atoms with Crippen molar-refractivity contribution in [3.8, 4) is 0 Å². The van der Waals surface area contributed by atoms with Crippen molar-refractivity contribution in [3.05, 3.63) is 65.7 Å². The number of hydrogen-bond acceptors (Lipinski definition) is 4. The van der Waals surface area contributed by atoms with Crippen molar-refractivity contribution in [3.63, 3.8) is 0 Å². The fourth-order valence-electron chi connectivity index (χ4n) is 3.35. The molecule has 27 heavy (non-hydrogen) atoms. The predicted molar refractivity (Wildman–Crippen MR) is 101 cm³/mol. The molecule has 0 spiro atoms. The Balaban J connectivity index is 1.74. The summed E-state index contributed by atoms with van der Waals surface area (Å²) in [6.07, 6.45) is 0.169. The van der Waals surface area contributed by atoms with E-state index in [-0.39, 0.29) is 24.3 Å². The zero-order chi connectivity index (χ0) is 19.4. The summed E-state index contributed by atoms with van der Waals surface area (Å²) in [5.41, 5.74) is 1.93. The van der Waals surface area contributed by atoms with Gasteiger partial charge >= 0.3 is 5.97 Å². The molecule has 3 rings (SSSR count). The summed E-state index contributed by atoms with van der Waals surface area (Å²) in [6, 6.07) is 15.8. The van der Waals surface area contributed by atoms with Gasteiger partial charge in [0.15, 0.2) is 0 Å². The topological polar surface area (TPSA) is 75.7 Å². The highest BCUT2D eigenvalue weighted by atomic mass is 16.5. The molecule has 140 valence electrons. The lowest BCUT2D eigenvalue weighted by Gasteiger charge is -2.25. The number of hydrogen-bond donors (Lipinski definition) is 1. The lowest BCUT2D eigenvalue weighted by Crippen LogP contribution is -2.30. The van der Waals surface area contributed by atoms with Gasteiger partial charge in [-0.3, -0.25) is 9.59 Å². The molecule has 2 aromatic carbocycles. The molecule has 6 nitrogen and oxygen atoms in total. The number of ether oxygens (including phenoxy) is 1. The van der Waals surface area contributed by atoms with Crippen LogP contribution in [-0.4, -0.2) is 36.3 Å². The highest BCUT2D eigenvalue weighted by Crippen LogP contribution is 2.37. The summed E-state index contributed by atoms with van der Waals surface area (Å²) >= 11 is 0. The maximum Gasteiger partial charge on any atom is 0.338 e. The van der Waals surface area contributed by atoms with E-state index in [0.717, 1.165) is 5.56 Å². The zero-order valence-electron chi connectivity index (χ0n) is 15.3. The molecule has 1 N–H and O–H groups in total. The van der Waals surface area contributed by atoms with Crippen LogP contribution in [0.1, 0.15) is 35.3 Å². The van der Waals surface area contributed by atoms with Gasteiger partial charge in [-0.2, -0.15) is 0 Å². The first-order valence-corrected chi connectivity index (χ1v) is 8.90. The van der Waals surface area contributed by atoms with Crippen molar-refractivity contribution in [2.24, 2.45) is 5.92 Å². The molecule has 1 heterocycles. The minimum atomic E-state index is -0.477. The normalized spacial score (nSPS) is 19.0. The molecule has 2 aromatic rings. The van der Waals surface area contributed by atoms with Gasteiger partial charge in [0.25, 0.3) is 0 Å². The van der Waals surface area contributed by atoms with Gasteiger partial charge in [0.1, 0.15) is 0 Å². The van der Waals surface area contributed by atoms with Gasteiger partial charge in [0.05, 0.1) is 24.1 Å². The van der Waals surface area contributed by atoms with Crippen molar-refractivity contribution in [1.29, 1.82) is 0 Å². The SMILES string of the molecule is CCOC(=O)c1ccc(NC(=O)C2CC(=O)N(C)C2c2ccccc2)cc1. The first kappa shape index (κ1) is 18.6. The summed E-state index contributed by atoms with van der Waals surface area (Å²) in [5, 5.41) is 2.85. The molecule has 1 fully saturated rings. The summed E-state index contributed by atoms with van der Waals surface area (Å²) in [5.74, 6) is -1.15. The summed E-state index contributed by atoms with van der Waals surface area (Å²) < 4.78 is 4.95. The predicted octanol–water partition coefficient (Wildman–Crippen LogP) is 3.02. The molecule has 0 radical (unpaired) electrons. The largest absolute Gasteiger partial charge is 0.462 e. The van der Waals surface area contributed by atoms with E-state index in [1.807, 2.05) is 30.3 Å². The van der Waals surface area contributed by atoms with Crippen LogP contribution in [0, 0.1) is 5.92 Å².